The Kier molecular flexibility index (Phi) is 4.06. The van der Waals surface area contributed by atoms with Crippen LogP contribution in [-0.4, -0.2) is 53.9 Å². The minimum Gasteiger partial charge on any atom is -0.479 e. The Morgan fingerprint density at radius 2 is 2.00 bits per heavy atom. The average Bonchev–Trinajstić information content (AvgIpc) is 1.98. The number of carbonyl (C=O) groups is 2. The Labute approximate surface area is 69.8 Å². The van der Waals surface area contributed by atoms with Crippen LogP contribution in [0.15, 0.2) is 0 Å². The molecule has 0 aromatic rings. The number of carboxylic acid groups (broad SMARTS) is 1. The number of aliphatic hydroxyl groups excluding tert-OH is 1. The first-order valence-electron chi connectivity index (χ1n) is 3.31. The summed E-state index contributed by atoms with van der Waals surface area (Å²) in [6, 6.07) is -0.435. The van der Waals surface area contributed by atoms with Gasteiger partial charge in [0.2, 0.25) is 0 Å². The minimum absolute atomic E-state index is 0.285. The maximum absolute atomic E-state index is 10.8. The molecule has 0 aromatic heterocycles. The SMILES string of the molecule is CN(C)C(=O)NC[C@H](O)C(=O)O. The number of aliphatic carboxylic acids is 1. The Hall–Kier alpha value is -1.30. The second-order valence-corrected chi connectivity index (χ2v) is 2.43. The van der Waals surface area contributed by atoms with Gasteiger partial charge in [-0.25, -0.2) is 9.59 Å². The number of carbonyl (C=O) groups excluding carboxylic acids is 1. The molecule has 6 heteroatoms. The molecule has 1 atom stereocenters. The summed E-state index contributed by atoms with van der Waals surface area (Å²) in [6.07, 6.45) is -1.55. The van der Waals surface area contributed by atoms with Crippen LogP contribution in [0.3, 0.4) is 0 Å². The molecule has 70 valence electrons. The van der Waals surface area contributed by atoms with E-state index in [-0.39, 0.29) is 6.54 Å². The summed E-state index contributed by atoms with van der Waals surface area (Å²) in [5.41, 5.74) is 0. The molecule has 0 bridgehead atoms. The third kappa shape index (κ3) is 3.77. The van der Waals surface area contributed by atoms with Gasteiger partial charge in [0.1, 0.15) is 0 Å². The van der Waals surface area contributed by atoms with Crippen molar-refractivity contribution < 1.29 is 19.8 Å². The largest absolute Gasteiger partial charge is 0.479 e. The van der Waals surface area contributed by atoms with Crippen molar-refractivity contribution in [3.05, 3.63) is 0 Å². The van der Waals surface area contributed by atoms with Crippen LogP contribution >= 0.6 is 0 Å². The van der Waals surface area contributed by atoms with E-state index in [9.17, 15) is 9.59 Å². The van der Waals surface area contributed by atoms with Crippen molar-refractivity contribution in [2.75, 3.05) is 20.6 Å². The van der Waals surface area contributed by atoms with Gasteiger partial charge in [-0.2, -0.15) is 0 Å². The second kappa shape index (κ2) is 4.55. The zero-order valence-electron chi connectivity index (χ0n) is 6.94. The summed E-state index contributed by atoms with van der Waals surface area (Å²) < 4.78 is 0. The fourth-order valence-electron chi connectivity index (χ4n) is 0.429. The summed E-state index contributed by atoms with van der Waals surface area (Å²) in [7, 11) is 3.03. The molecule has 3 N–H and O–H groups in total. The fraction of sp³-hybridized carbons (Fsp3) is 0.667. The van der Waals surface area contributed by atoms with Gasteiger partial charge in [-0.15, -0.1) is 0 Å². The maximum atomic E-state index is 10.8. The Bertz CT molecular complexity index is 180. The lowest BCUT2D eigenvalue weighted by atomic mass is 10.4. The molecule has 0 aliphatic carbocycles. The molecule has 2 amide bonds. The number of hydrogen-bond acceptors (Lipinski definition) is 3. The zero-order chi connectivity index (χ0) is 9.72. The molecule has 0 heterocycles. The molecule has 0 aromatic carbocycles. The van der Waals surface area contributed by atoms with E-state index >= 15 is 0 Å². The summed E-state index contributed by atoms with van der Waals surface area (Å²) >= 11 is 0. The van der Waals surface area contributed by atoms with E-state index in [4.69, 9.17) is 10.2 Å². The molecule has 0 spiro atoms. The van der Waals surface area contributed by atoms with Gasteiger partial charge in [0.25, 0.3) is 0 Å². The van der Waals surface area contributed by atoms with Gasteiger partial charge in [-0.1, -0.05) is 0 Å². The quantitative estimate of drug-likeness (QED) is 0.498. The molecular formula is C6H12N2O4. The van der Waals surface area contributed by atoms with Gasteiger partial charge in [0.05, 0.1) is 6.54 Å². The van der Waals surface area contributed by atoms with Crippen molar-refractivity contribution in [3.8, 4) is 0 Å². The van der Waals surface area contributed by atoms with E-state index in [1.807, 2.05) is 0 Å². The third-order valence-electron chi connectivity index (χ3n) is 1.14. The maximum Gasteiger partial charge on any atom is 0.334 e. The smallest absolute Gasteiger partial charge is 0.334 e. The molecule has 6 nitrogen and oxygen atoms in total. The third-order valence-corrected chi connectivity index (χ3v) is 1.14. The highest BCUT2D eigenvalue weighted by molar-refractivity contribution is 5.76. The molecule has 0 fully saturated rings. The molecule has 0 unspecified atom stereocenters. The molecule has 0 rings (SSSR count). The van der Waals surface area contributed by atoms with Gasteiger partial charge < -0.3 is 20.4 Å². The molecule has 0 saturated heterocycles. The summed E-state index contributed by atoms with van der Waals surface area (Å²) in [4.78, 5) is 22.1. The molecule has 0 saturated carbocycles. The van der Waals surface area contributed by atoms with Crippen LogP contribution < -0.4 is 5.32 Å². The predicted octanol–water partition coefficient (Wildman–Crippen LogP) is -1.30. The topological polar surface area (TPSA) is 89.9 Å². The molecule has 0 aliphatic heterocycles. The van der Waals surface area contributed by atoms with Gasteiger partial charge in [-0.05, 0) is 0 Å². The van der Waals surface area contributed by atoms with Gasteiger partial charge >= 0.3 is 12.0 Å². The van der Waals surface area contributed by atoms with Crippen LogP contribution in [0.1, 0.15) is 0 Å². The van der Waals surface area contributed by atoms with Crippen molar-refractivity contribution in [3.63, 3.8) is 0 Å². The number of rotatable bonds is 3. The van der Waals surface area contributed by atoms with E-state index in [1.165, 1.54) is 19.0 Å². The zero-order valence-corrected chi connectivity index (χ0v) is 6.94. The molecule has 12 heavy (non-hydrogen) atoms. The van der Waals surface area contributed by atoms with Crippen LogP contribution in [0, 0.1) is 0 Å². The van der Waals surface area contributed by atoms with Gasteiger partial charge in [0, 0.05) is 14.1 Å². The first-order valence-corrected chi connectivity index (χ1v) is 3.31. The van der Waals surface area contributed by atoms with E-state index < -0.39 is 18.1 Å². The number of hydrogen-bond donors (Lipinski definition) is 3. The Morgan fingerprint density at radius 1 is 1.50 bits per heavy atom. The van der Waals surface area contributed by atoms with Crippen molar-refractivity contribution in [2.45, 2.75) is 6.10 Å². The average molecular weight is 176 g/mol. The molecule has 0 aliphatic rings. The van der Waals surface area contributed by atoms with Crippen LogP contribution in [0.5, 0.6) is 0 Å². The van der Waals surface area contributed by atoms with Crippen LogP contribution in [0.4, 0.5) is 4.79 Å². The number of amides is 2. The Balaban J connectivity index is 3.69. The lowest BCUT2D eigenvalue weighted by Crippen LogP contribution is -2.41. The highest BCUT2D eigenvalue weighted by Gasteiger charge is 2.14. The number of urea groups is 1. The number of nitrogens with zero attached hydrogens (tertiary/aromatic N) is 1. The molecule has 0 radical (unpaired) electrons. The van der Waals surface area contributed by atoms with Crippen LogP contribution in [0.2, 0.25) is 0 Å². The van der Waals surface area contributed by atoms with E-state index in [0.29, 0.717) is 0 Å². The highest BCUT2D eigenvalue weighted by atomic mass is 16.4. The number of nitrogens with one attached hydrogen (secondary N) is 1. The van der Waals surface area contributed by atoms with Gasteiger partial charge in [0.15, 0.2) is 6.10 Å². The minimum atomic E-state index is -1.55. The van der Waals surface area contributed by atoms with Crippen molar-refractivity contribution in [1.82, 2.24) is 10.2 Å². The first kappa shape index (κ1) is 10.7. The second-order valence-electron chi connectivity index (χ2n) is 2.43. The highest BCUT2D eigenvalue weighted by Crippen LogP contribution is 1.82. The summed E-state index contributed by atoms with van der Waals surface area (Å²) in [5, 5.41) is 19.2. The van der Waals surface area contributed by atoms with Crippen molar-refractivity contribution in [1.29, 1.82) is 0 Å². The van der Waals surface area contributed by atoms with E-state index in [1.54, 1.807) is 0 Å². The predicted molar refractivity (Wildman–Crippen MR) is 40.7 cm³/mol. The normalized spacial score (nSPS) is 11.9. The summed E-state index contributed by atoms with van der Waals surface area (Å²) in [6.45, 7) is -0.285. The molecular weight excluding hydrogens is 164 g/mol. The van der Waals surface area contributed by atoms with Crippen molar-refractivity contribution in [2.24, 2.45) is 0 Å². The van der Waals surface area contributed by atoms with Crippen LogP contribution in [0.25, 0.3) is 0 Å². The summed E-state index contributed by atoms with van der Waals surface area (Å²) in [5.74, 6) is -1.35. The lowest BCUT2D eigenvalue weighted by molar-refractivity contribution is -0.146. The van der Waals surface area contributed by atoms with Crippen LogP contribution in [-0.2, 0) is 4.79 Å². The number of aliphatic hydroxyl groups is 1. The van der Waals surface area contributed by atoms with E-state index in [2.05, 4.69) is 5.32 Å². The van der Waals surface area contributed by atoms with Gasteiger partial charge in [-0.3, -0.25) is 0 Å². The van der Waals surface area contributed by atoms with E-state index in [0.717, 1.165) is 0 Å². The number of carboxylic acids is 1. The first-order chi connectivity index (χ1) is 5.45. The monoisotopic (exact) mass is 176 g/mol. The lowest BCUT2D eigenvalue weighted by Gasteiger charge is -2.12. The standard InChI is InChI=1S/C6H12N2O4/c1-8(2)6(12)7-3-4(9)5(10)11/h4,9H,3H2,1-2H3,(H,7,12)(H,10,11)/t4-/m0/s1. The fourth-order valence-corrected chi connectivity index (χ4v) is 0.429. The Morgan fingerprint density at radius 3 is 2.33 bits per heavy atom. The van der Waals surface area contributed by atoms with Crippen molar-refractivity contribution >= 4 is 12.0 Å².